The van der Waals surface area contributed by atoms with Gasteiger partial charge in [0, 0.05) is 29.6 Å². The van der Waals surface area contributed by atoms with Crippen LogP contribution in [0.4, 0.5) is 0 Å². The first-order chi connectivity index (χ1) is 3.79. The standard InChI is InChI=1S/C3H3N3O2.Na/c7-2-1-4-6-3(8)5-2;/h1H,(H2,5,6,7,8);. The number of nitrogens with one attached hydrogen (secondary N) is 2. The van der Waals surface area contributed by atoms with Crippen LogP contribution in [0.3, 0.4) is 0 Å². The molecule has 2 N–H and O–H groups in total. The summed E-state index contributed by atoms with van der Waals surface area (Å²) in [5, 5.41) is 5.21. The smallest absolute Gasteiger partial charge is 0.272 e. The van der Waals surface area contributed by atoms with Crippen molar-refractivity contribution in [2.24, 2.45) is 0 Å². The third kappa shape index (κ3) is 2.59. The fourth-order valence-electron chi connectivity index (χ4n) is 0.322. The van der Waals surface area contributed by atoms with E-state index in [2.05, 4.69) is 5.10 Å². The summed E-state index contributed by atoms with van der Waals surface area (Å²) >= 11 is 0. The summed E-state index contributed by atoms with van der Waals surface area (Å²) in [7, 11) is 0. The summed E-state index contributed by atoms with van der Waals surface area (Å²) in [5.41, 5.74) is -1.08. The predicted molar refractivity (Wildman–Crippen MR) is 31.2 cm³/mol. The maximum atomic E-state index is 10.2. The first kappa shape index (κ1) is 8.61. The van der Waals surface area contributed by atoms with Gasteiger partial charge in [-0.1, -0.05) is 0 Å². The van der Waals surface area contributed by atoms with E-state index < -0.39 is 11.2 Å². The second-order valence-corrected chi connectivity index (χ2v) is 1.19. The Morgan fingerprint density at radius 2 is 2.11 bits per heavy atom. The molecule has 0 aromatic carbocycles. The minimum Gasteiger partial charge on any atom is -0.272 e. The first-order valence-electron chi connectivity index (χ1n) is 1.93. The van der Waals surface area contributed by atoms with E-state index in [1.807, 2.05) is 10.1 Å². The molecule has 0 spiro atoms. The number of hydrogen-bond acceptors (Lipinski definition) is 3. The van der Waals surface area contributed by atoms with Crippen molar-refractivity contribution in [2.45, 2.75) is 0 Å². The van der Waals surface area contributed by atoms with Gasteiger partial charge in [0.25, 0.3) is 5.56 Å². The van der Waals surface area contributed by atoms with E-state index >= 15 is 0 Å². The number of nitrogens with zero attached hydrogens (tertiary/aromatic N) is 1. The average Bonchev–Trinajstić information content (AvgIpc) is 1.64. The normalized spacial score (nSPS) is 8.00. The quantitative estimate of drug-likeness (QED) is 0.408. The van der Waals surface area contributed by atoms with Crippen LogP contribution in [-0.2, 0) is 0 Å². The van der Waals surface area contributed by atoms with Gasteiger partial charge in [0.1, 0.15) is 6.20 Å². The van der Waals surface area contributed by atoms with E-state index in [4.69, 9.17) is 0 Å². The Morgan fingerprint density at radius 3 is 2.44 bits per heavy atom. The molecule has 0 atom stereocenters. The van der Waals surface area contributed by atoms with E-state index in [0.29, 0.717) is 0 Å². The Morgan fingerprint density at radius 1 is 1.44 bits per heavy atom. The second-order valence-electron chi connectivity index (χ2n) is 1.19. The third-order valence-electron chi connectivity index (χ3n) is 0.585. The topological polar surface area (TPSA) is 78.6 Å². The van der Waals surface area contributed by atoms with Crippen LogP contribution in [0.2, 0.25) is 0 Å². The largest absolute Gasteiger partial charge is 0.342 e. The van der Waals surface area contributed by atoms with E-state index in [9.17, 15) is 9.59 Å². The van der Waals surface area contributed by atoms with Crippen LogP contribution in [0.15, 0.2) is 15.8 Å². The molecule has 0 fully saturated rings. The van der Waals surface area contributed by atoms with Crippen molar-refractivity contribution in [3.05, 3.63) is 27.0 Å². The summed E-state index contributed by atoms with van der Waals surface area (Å²) in [5.74, 6) is 0. The molecule has 0 saturated carbocycles. The Balaban J connectivity index is 0.000000640. The summed E-state index contributed by atoms with van der Waals surface area (Å²) in [6, 6.07) is 0. The van der Waals surface area contributed by atoms with Gasteiger partial charge in [0.15, 0.2) is 0 Å². The van der Waals surface area contributed by atoms with Gasteiger partial charge in [-0.2, -0.15) is 5.10 Å². The fraction of sp³-hybridized carbons (Fsp3) is 0. The van der Waals surface area contributed by atoms with Crippen molar-refractivity contribution in [3.63, 3.8) is 0 Å². The van der Waals surface area contributed by atoms with Crippen LogP contribution in [0, 0.1) is 0 Å². The maximum Gasteiger partial charge on any atom is 0.342 e. The zero-order valence-corrected chi connectivity index (χ0v) is 6.84. The number of hydrogen-bond donors (Lipinski definition) is 2. The molecule has 1 aromatic rings. The minimum atomic E-state index is -0.586. The Kier molecular flexibility index (Phi) is 3.44. The summed E-state index contributed by atoms with van der Waals surface area (Å²) in [6.45, 7) is 0. The van der Waals surface area contributed by atoms with E-state index in [1.165, 1.54) is 0 Å². The first-order valence-corrected chi connectivity index (χ1v) is 1.93. The van der Waals surface area contributed by atoms with Gasteiger partial charge in [-0.15, -0.1) is 0 Å². The van der Waals surface area contributed by atoms with Crippen molar-refractivity contribution in [3.8, 4) is 0 Å². The molecule has 0 aliphatic rings. The van der Waals surface area contributed by atoms with Crippen molar-refractivity contribution >= 4 is 29.6 Å². The molecule has 9 heavy (non-hydrogen) atoms. The van der Waals surface area contributed by atoms with Crippen LogP contribution >= 0.6 is 0 Å². The van der Waals surface area contributed by atoms with Gasteiger partial charge in [0.05, 0.1) is 0 Å². The van der Waals surface area contributed by atoms with Gasteiger partial charge in [-0.25, -0.2) is 9.89 Å². The summed E-state index contributed by atoms with van der Waals surface area (Å²) < 4.78 is 0. The number of H-pyrrole nitrogens is 2. The molecule has 1 rings (SSSR count). The van der Waals surface area contributed by atoms with E-state index in [1.54, 1.807) is 0 Å². The molecule has 0 saturated heterocycles. The zero-order valence-electron chi connectivity index (χ0n) is 4.84. The maximum absolute atomic E-state index is 10.2. The predicted octanol–water partition coefficient (Wildman–Crippen LogP) is -1.92. The third-order valence-corrected chi connectivity index (χ3v) is 0.585. The number of aromatic nitrogens is 3. The van der Waals surface area contributed by atoms with Crippen molar-refractivity contribution in [2.75, 3.05) is 0 Å². The molecule has 6 heteroatoms. The molecule has 1 heterocycles. The van der Waals surface area contributed by atoms with Crippen LogP contribution in [0.1, 0.15) is 0 Å². The van der Waals surface area contributed by atoms with Crippen LogP contribution in [-0.4, -0.2) is 44.7 Å². The minimum absolute atomic E-state index is 0. The van der Waals surface area contributed by atoms with E-state index in [-0.39, 0.29) is 29.6 Å². The van der Waals surface area contributed by atoms with Crippen molar-refractivity contribution in [1.82, 2.24) is 15.2 Å². The van der Waals surface area contributed by atoms with Gasteiger partial charge < -0.3 is 0 Å². The number of aromatic amines is 2. The fourth-order valence-corrected chi connectivity index (χ4v) is 0.322. The molecule has 0 aliphatic heterocycles. The molecule has 0 aliphatic carbocycles. The molecule has 5 nitrogen and oxygen atoms in total. The van der Waals surface area contributed by atoms with Gasteiger partial charge in [-0.05, 0) is 0 Å². The molecule has 1 radical (unpaired) electrons. The van der Waals surface area contributed by atoms with Gasteiger partial charge in [-0.3, -0.25) is 9.78 Å². The Hall–Kier alpha value is -0.390. The molecular formula is C3H3N3NaO2. The summed E-state index contributed by atoms with van der Waals surface area (Å²) in [4.78, 5) is 22.2. The molecular weight excluding hydrogens is 133 g/mol. The van der Waals surface area contributed by atoms with Crippen LogP contribution < -0.4 is 11.2 Å². The van der Waals surface area contributed by atoms with Crippen LogP contribution in [0.5, 0.6) is 0 Å². The SMILES string of the molecule is O=c1cn[nH]c(=O)[nH]1.[Na]. The van der Waals surface area contributed by atoms with E-state index in [0.717, 1.165) is 6.20 Å². The van der Waals surface area contributed by atoms with Crippen molar-refractivity contribution < 1.29 is 0 Å². The molecule has 43 valence electrons. The molecule has 0 unspecified atom stereocenters. The number of rotatable bonds is 0. The Bertz CT molecular complexity index is 251. The van der Waals surface area contributed by atoms with Crippen LogP contribution in [0.25, 0.3) is 0 Å². The Labute approximate surface area is 71.8 Å². The molecule has 0 bridgehead atoms. The van der Waals surface area contributed by atoms with Gasteiger partial charge >= 0.3 is 5.69 Å². The second kappa shape index (κ2) is 3.60. The van der Waals surface area contributed by atoms with Gasteiger partial charge in [0.2, 0.25) is 0 Å². The molecule has 1 aromatic heterocycles. The summed E-state index contributed by atoms with van der Waals surface area (Å²) in [6.07, 6.45) is 0.987. The average molecular weight is 136 g/mol. The monoisotopic (exact) mass is 136 g/mol. The molecule has 0 amide bonds. The van der Waals surface area contributed by atoms with Crippen molar-refractivity contribution in [1.29, 1.82) is 0 Å². The zero-order chi connectivity index (χ0) is 5.98.